The molecule has 2 aromatic rings. The van der Waals surface area contributed by atoms with Crippen LogP contribution >= 0.6 is 0 Å². The lowest BCUT2D eigenvalue weighted by Crippen LogP contribution is -2.37. The number of nitrogens with zero attached hydrogens (tertiary/aromatic N) is 2. The minimum absolute atomic E-state index is 0.000955. The van der Waals surface area contributed by atoms with Crippen LogP contribution in [0.2, 0.25) is 0 Å². The van der Waals surface area contributed by atoms with Gasteiger partial charge in [-0.25, -0.2) is 0 Å². The largest absolute Gasteiger partial charge is 0.490 e. The van der Waals surface area contributed by atoms with Crippen LogP contribution in [0.25, 0.3) is 10.9 Å². The van der Waals surface area contributed by atoms with Crippen LogP contribution in [0.4, 0.5) is 0 Å². The van der Waals surface area contributed by atoms with E-state index in [0.29, 0.717) is 6.61 Å². The Morgan fingerprint density at radius 3 is 2.83 bits per heavy atom. The van der Waals surface area contributed by atoms with Crippen molar-refractivity contribution < 1.29 is 4.74 Å². The van der Waals surface area contributed by atoms with Crippen molar-refractivity contribution in [3.63, 3.8) is 0 Å². The van der Waals surface area contributed by atoms with Crippen molar-refractivity contribution in [1.29, 1.82) is 0 Å². The van der Waals surface area contributed by atoms with E-state index in [0.717, 1.165) is 23.2 Å². The molecule has 4 nitrogen and oxygen atoms in total. The third kappa shape index (κ3) is 3.18. The van der Waals surface area contributed by atoms with Gasteiger partial charge in [-0.05, 0) is 26.2 Å². The van der Waals surface area contributed by atoms with Crippen molar-refractivity contribution >= 4 is 10.9 Å². The molecule has 0 fully saturated rings. The molecule has 0 aliphatic heterocycles. The Kier molecular flexibility index (Phi) is 4.12. The average molecular weight is 245 g/mol. The Balaban J connectivity index is 2.08. The highest BCUT2D eigenvalue weighted by Crippen LogP contribution is 2.22. The van der Waals surface area contributed by atoms with Gasteiger partial charge in [0, 0.05) is 18.1 Å². The third-order valence-electron chi connectivity index (χ3n) is 2.65. The summed E-state index contributed by atoms with van der Waals surface area (Å²) in [5.41, 5.74) is 6.87. The Bertz CT molecular complexity index is 508. The number of nitrogens with two attached hydrogens (primary N) is 1. The molecule has 0 saturated heterocycles. The highest BCUT2D eigenvalue weighted by atomic mass is 16.5. The number of hydrogen-bond donors (Lipinski definition) is 1. The Morgan fingerprint density at radius 1 is 1.28 bits per heavy atom. The maximum absolute atomic E-state index is 5.98. The lowest BCUT2D eigenvalue weighted by molar-refractivity contribution is 0.256. The van der Waals surface area contributed by atoms with Gasteiger partial charge in [0.25, 0.3) is 0 Å². The molecule has 0 radical (unpaired) electrons. The summed E-state index contributed by atoms with van der Waals surface area (Å²) >= 11 is 0. The molecule has 0 spiro atoms. The molecule has 18 heavy (non-hydrogen) atoms. The molecule has 2 rings (SSSR count). The fraction of sp³-hybridized carbons (Fsp3) is 0.357. The standard InChI is InChI=1S/C14H19N3O/c1-17(2)9-12(15)10-18-13-7-3-5-11-6-4-8-16-14(11)13/h3-8,12H,9-10,15H2,1-2H3. The van der Waals surface area contributed by atoms with Gasteiger partial charge in [-0.1, -0.05) is 18.2 Å². The molecule has 0 bridgehead atoms. The van der Waals surface area contributed by atoms with Crippen molar-refractivity contribution in [2.45, 2.75) is 6.04 Å². The monoisotopic (exact) mass is 245 g/mol. The first-order chi connectivity index (χ1) is 8.66. The number of fused-ring (bicyclic) bond motifs is 1. The zero-order valence-corrected chi connectivity index (χ0v) is 10.8. The topological polar surface area (TPSA) is 51.4 Å². The molecule has 0 aliphatic carbocycles. The molecule has 96 valence electrons. The smallest absolute Gasteiger partial charge is 0.145 e. The van der Waals surface area contributed by atoms with Crippen molar-refractivity contribution in [2.75, 3.05) is 27.2 Å². The molecule has 1 aromatic heterocycles. The molecule has 1 unspecified atom stereocenters. The molecule has 0 amide bonds. The summed E-state index contributed by atoms with van der Waals surface area (Å²) < 4.78 is 5.77. The maximum atomic E-state index is 5.98. The van der Waals surface area contributed by atoms with Crippen molar-refractivity contribution in [3.8, 4) is 5.75 Å². The molecule has 2 N–H and O–H groups in total. The highest BCUT2D eigenvalue weighted by molar-refractivity contribution is 5.84. The Morgan fingerprint density at radius 2 is 2.06 bits per heavy atom. The molecule has 0 aliphatic rings. The Hall–Kier alpha value is -1.65. The van der Waals surface area contributed by atoms with Crippen LogP contribution in [-0.2, 0) is 0 Å². The number of aromatic nitrogens is 1. The van der Waals surface area contributed by atoms with E-state index in [9.17, 15) is 0 Å². The Labute approximate surface area is 107 Å². The van der Waals surface area contributed by atoms with E-state index in [2.05, 4.69) is 9.88 Å². The van der Waals surface area contributed by atoms with Gasteiger partial charge < -0.3 is 15.4 Å². The lowest BCUT2D eigenvalue weighted by atomic mass is 10.2. The van der Waals surface area contributed by atoms with Crippen LogP contribution in [0.3, 0.4) is 0 Å². The van der Waals surface area contributed by atoms with Gasteiger partial charge in [0.1, 0.15) is 17.9 Å². The van der Waals surface area contributed by atoms with E-state index in [1.807, 2.05) is 44.4 Å². The predicted octanol–water partition coefficient (Wildman–Crippen LogP) is 1.50. The van der Waals surface area contributed by atoms with E-state index in [-0.39, 0.29) is 6.04 Å². The van der Waals surface area contributed by atoms with Gasteiger partial charge >= 0.3 is 0 Å². The van der Waals surface area contributed by atoms with Gasteiger partial charge in [-0.2, -0.15) is 0 Å². The number of rotatable bonds is 5. The van der Waals surface area contributed by atoms with Crippen molar-refractivity contribution in [3.05, 3.63) is 36.5 Å². The number of pyridine rings is 1. The second kappa shape index (κ2) is 5.80. The van der Waals surface area contributed by atoms with E-state index >= 15 is 0 Å². The summed E-state index contributed by atoms with van der Waals surface area (Å²) in [6.45, 7) is 1.30. The average Bonchev–Trinajstić information content (AvgIpc) is 2.35. The quantitative estimate of drug-likeness (QED) is 0.867. The summed E-state index contributed by atoms with van der Waals surface area (Å²) in [6, 6.07) is 9.86. The second-order valence-corrected chi connectivity index (χ2v) is 4.66. The van der Waals surface area contributed by atoms with Gasteiger partial charge in [-0.15, -0.1) is 0 Å². The SMILES string of the molecule is CN(C)CC(N)COc1cccc2cccnc12. The number of para-hydroxylation sites is 1. The van der Waals surface area contributed by atoms with E-state index < -0.39 is 0 Å². The first kappa shape index (κ1) is 12.8. The highest BCUT2D eigenvalue weighted by Gasteiger charge is 2.07. The van der Waals surface area contributed by atoms with Crippen LogP contribution < -0.4 is 10.5 Å². The van der Waals surface area contributed by atoms with Crippen LogP contribution in [0.1, 0.15) is 0 Å². The van der Waals surface area contributed by atoms with Gasteiger partial charge in [0.2, 0.25) is 0 Å². The molecular weight excluding hydrogens is 226 g/mol. The number of benzene rings is 1. The van der Waals surface area contributed by atoms with Crippen molar-refractivity contribution in [1.82, 2.24) is 9.88 Å². The molecule has 0 saturated carbocycles. The van der Waals surface area contributed by atoms with E-state index in [1.54, 1.807) is 6.20 Å². The summed E-state index contributed by atoms with van der Waals surface area (Å²) in [6.07, 6.45) is 1.77. The number of likely N-dealkylation sites (N-methyl/N-ethyl adjacent to an activating group) is 1. The molecule has 4 heteroatoms. The fourth-order valence-electron chi connectivity index (χ4n) is 1.91. The van der Waals surface area contributed by atoms with Gasteiger partial charge in [0.15, 0.2) is 0 Å². The van der Waals surface area contributed by atoms with Gasteiger partial charge in [0.05, 0.1) is 6.04 Å². The first-order valence-corrected chi connectivity index (χ1v) is 6.03. The minimum atomic E-state index is -0.000955. The van der Waals surface area contributed by atoms with Crippen LogP contribution in [0.5, 0.6) is 5.75 Å². The summed E-state index contributed by atoms with van der Waals surface area (Å²) in [5, 5.41) is 1.08. The van der Waals surface area contributed by atoms with E-state index in [1.165, 1.54) is 0 Å². The molecular formula is C14H19N3O. The lowest BCUT2D eigenvalue weighted by Gasteiger charge is -2.17. The number of hydrogen-bond acceptors (Lipinski definition) is 4. The van der Waals surface area contributed by atoms with Crippen LogP contribution in [0, 0.1) is 0 Å². The summed E-state index contributed by atoms with van der Waals surface area (Å²) in [5.74, 6) is 0.794. The number of ether oxygens (including phenoxy) is 1. The molecule has 1 atom stereocenters. The van der Waals surface area contributed by atoms with Crippen molar-refractivity contribution in [2.24, 2.45) is 5.73 Å². The van der Waals surface area contributed by atoms with Gasteiger partial charge in [-0.3, -0.25) is 4.98 Å². The molecule has 1 heterocycles. The minimum Gasteiger partial charge on any atom is -0.490 e. The first-order valence-electron chi connectivity index (χ1n) is 6.03. The zero-order valence-electron chi connectivity index (χ0n) is 10.8. The summed E-state index contributed by atoms with van der Waals surface area (Å²) in [7, 11) is 4.00. The third-order valence-corrected chi connectivity index (χ3v) is 2.65. The van der Waals surface area contributed by atoms with E-state index in [4.69, 9.17) is 10.5 Å². The second-order valence-electron chi connectivity index (χ2n) is 4.66. The predicted molar refractivity (Wildman–Crippen MR) is 73.8 cm³/mol. The van der Waals surface area contributed by atoms with Crippen LogP contribution in [-0.4, -0.2) is 43.2 Å². The maximum Gasteiger partial charge on any atom is 0.145 e. The zero-order chi connectivity index (χ0) is 13.0. The van der Waals surface area contributed by atoms with Crippen LogP contribution in [0.15, 0.2) is 36.5 Å². The fourth-order valence-corrected chi connectivity index (χ4v) is 1.91. The summed E-state index contributed by atoms with van der Waals surface area (Å²) in [4.78, 5) is 6.39. The normalized spacial score (nSPS) is 12.9. The molecule has 1 aromatic carbocycles.